The summed E-state index contributed by atoms with van der Waals surface area (Å²) in [6, 6.07) is 9.01. The summed E-state index contributed by atoms with van der Waals surface area (Å²) >= 11 is 3.41. The first-order chi connectivity index (χ1) is 9.61. The van der Waals surface area contributed by atoms with E-state index >= 15 is 0 Å². The smallest absolute Gasteiger partial charge is 0.304 e. The Morgan fingerprint density at radius 1 is 1.45 bits per heavy atom. The molecular formula is C14H13BrN2O3. The van der Waals surface area contributed by atoms with Gasteiger partial charge in [0, 0.05) is 12.1 Å². The Kier molecular flexibility index (Phi) is 4.68. The van der Waals surface area contributed by atoms with Gasteiger partial charge in [0.1, 0.15) is 5.75 Å². The molecule has 0 saturated heterocycles. The van der Waals surface area contributed by atoms with Gasteiger partial charge in [-0.25, -0.2) is 0 Å². The van der Waals surface area contributed by atoms with Crippen molar-refractivity contribution in [1.82, 2.24) is 10.2 Å². The van der Waals surface area contributed by atoms with Crippen LogP contribution in [0.1, 0.15) is 23.6 Å². The topological polar surface area (TPSA) is 72.3 Å². The quantitative estimate of drug-likeness (QED) is 0.908. The van der Waals surface area contributed by atoms with Crippen molar-refractivity contribution < 1.29 is 14.6 Å². The third-order valence-electron chi connectivity index (χ3n) is 2.91. The zero-order chi connectivity index (χ0) is 14.5. The first-order valence-corrected chi connectivity index (χ1v) is 6.74. The van der Waals surface area contributed by atoms with Gasteiger partial charge in [0.25, 0.3) is 0 Å². The van der Waals surface area contributed by atoms with Gasteiger partial charge in [0.05, 0.1) is 23.7 Å². The van der Waals surface area contributed by atoms with E-state index in [4.69, 9.17) is 9.84 Å². The molecule has 1 heterocycles. The van der Waals surface area contributed by atoms with Gasteiger partial charge < -0.3 is 9.84 Å². The fourth-order valence-electron chi connectivity index (χ4n) is 1.97. The maximum Gasteiger partial charge on any atom is 0.304 e. The summed E-state index contributed by atoms with van der Waals surface area (Å²) in [5, 5.41) is 16.9. The van der Waals surface area contributed by atoms with Gasteiger partial charge in [-0.15, -0.1) is 0 Å². The van der Waals surface area contributed by atoms with E-state index < -0.39 is 5.97 Å². The van der Waals surface area contributed by atoms with Crippen molar-refractivity contribution in [2.75, 3.05) is 7.11 Å². The van der Waals surface area contributed by atoms with Crippen molar-refractivity contribution in [2.24, 2.45) is 0 Å². The number of nitrogens with zero attached hydrogens (tertiary/aromatic N) is 2. The summed E-state index contributed by atoms with van der Waals surface area (Å²) < 4.78 is 5.95. The number of benzene rings is 1. The van der Waals surface area contributed by atoms with E-state index in [1.165, 1.54) is 0 Å². The standard InChI is InChI=1S/C14H13BrN2O3/c1-20-13-5-4-9(7-11(13)15)10(8-14(18)19)12-3-2-6-16-17-12/h2-7,10H,8H2,1H3,(H,18,19). The van der Waals surface area contributed by atoms with Crippen LogP contribution in [0.5, 0.6) is 5.75 Å². The summed E-state index contributed by atoms with van der Waals surface area (Å²) in [7, 11) is 1.58. The average Bonchev–Trinajstić information content (AvgIpc) is 2.45. The minimum absolute atomic E-state index is 0.0442. The maximum atomic E-state index is 11.1. The zero-order valence-electron chi connectivity index (χ0n) is 10.8. The molecule has 0 spiro atoms. The fourth-order valence-corrected chi connectivity index (χ4v) is 2.52. The molecular weight excluding hydrogens is 324 g/mol. The van der Waals surface area contributed by atoms with Crippen LogP contribution in [0.25, 0.3) is 0 Å². The first-order valence-electron chi connectivity index (χ1n) is 5.94. The highest BCUT2D eigenvalue weighted by molar-refractivity contribution is 9.10. The Balaban J connectivity index is 2.41. The molecule has 0 amide bonds. The number of carbonyl (C=O) groups is 1. The number of halogens is 1. The molecule has 1 aromatic heterocycles. The molecule has 5 nitrogen and oxygen atoms in total. The molecule has 1 N–H and O–H groups in total. The number of aromatic nitrogens is 2. The molecule has 6 heteroatoms. The molecule has 0 fully saturated rings. The Morgan fingerprint density at radius 3 is 2.80 bits per heavy atom. The van der Waals surface area contributed by atoms with E-state index in [0.29, 0.717) is 11.4 Å². The fraction of sp³-hybridized carbons (Fsp3) is 0.214. The highest BCUT2D eigenvalue weighted by Crippen LogP contribution is 2.32. The molecule has 0 radical (unpaired) electrons. The molecule has 0 aliphatic carbocycles. The Labute approximate surface area is 124 Å². The van der Waals surface area contributed by atoms with Crippen LogP contribution in [0.3, 0.4) is 0 Å². The normalized spacial score (nSPS) is 11.9. The number of rotatable bonds is 5. The van der Waals surface area contributed by atoms with Crippen LogP contribution in [-0.4, -0.2) is 28.4 Å². The van der Waals surface area contributed by atoms with Crippen molar-refractivity contribution in [3.63, 3.8) is 0 Å². The zero-order valence-corrected chi connectivity index (χ0v) is 12.4. The SMILES string of the molecule is COc1ccc(C(CC(=O)O)c2cccnn2)cc1Br. The van der Waals surface area contributed by atoms with Crippen LogP contribution in [0.4, 0.5) is 0 Å². The molecule has 1 aromatic carbocycles. The van der Waals surface area contributed by atoms with Gasteiger partial charge in [-0.3, -0.25) is 4.79 Å². The summed E-state index contributed by atoms with van der Waals surface area (Å²) in [6.45, 7) is 0. The van der Waals surface area contributed by atoms with Crippen LogP contribution in [0.15, 0.2) is 41.0 Å². The molecule has 2 aromatic rings. The third-order valence-corrected chi connectivity index (χ3v) is 3.53. The highest BCUT2D eigenvalue weighted by atomic mass is 79.9. The molecule has 2 rings (SSSR count). The van der Waals surface area contributed by atoms with E-state index in [-0.39, 0.29) is 12.3 Å². The number of methoxy groups -OCH3 is 1. The molecule has 104 valence electrons. The lowest BCUT2D eigenvalue weighted by molar-refractivity contribution is -0.137. The van der Waals surface area contributed by atoms with Crippen molar-refractivity contribution in [3.8, 4) is 5.75 Å². The summed E-state index contributed by atoms with van der Waals surface area (Å²) in [6.07, 6.45) is 1.52. The summed E-state index contributed by atoms with van der Waals surface area (Å²) in [5.41, 5.74) is 1.48. The Morgan fingerprint density at radius 2 is 2.25 bits per heavy atom. The lowest BCUT2D eigenvalue weighted by Crippen LogP contribution is -2.10. The number of ether oxygens (including phenoxy) is 1. The second kappa shape index (κ2) is 6.47. The van der Waals surface area contributed by atoms with Gasteiger partial charge in [-0.1, -0.05) is 6.07 Å². The summed E-state index contributed by atoms with van der Waals surface area (Å²) in [4.78, 5) is 11.1. The predicted molar refractivity (Wildman–Crippen MR) is 76.8 cm³/mol. The number of hydrogen-bond donors (Lipinski definition) is 1. The van der Waals surface area contributed by atoms with E-state index in [9.17, 15) is 4.79 Å². The largest absolute Gasteiger partial charge is 0.496 e. The van der Waals surface area contributed by atoms with Crippen molar-refractivity contribution in [1.29, 1.82) is 0 Å². The van der Waals surface area contributed by atoms with Crippen LogP contribution >= 0.6 is 15.9 Å². The van der Waals surface area contributed by atoms with Crippen molar-refractivity contribution in [2.45, 2.75) is 12.3 Å². The van der Waals surface area contributed by atoms with Crippen LogP contribution in [0, 0.1) is 0 Å². The van der Waals surface area contributed by atoms with Gasteiger partial charge in [0.2, 0.25) is 0 Å². The lowest BCUT2D eigenvalue weighted by Gasteiger charge is -2.15. The molecule has 0 saturated carbocycles. The molecule has 1 unspecified atom stereocenters. The second-order valence-corrected chi connectivity index (χ2v) is 5.05. The lowest BCUT2D eigenvalue weighted by atomic mass is 9.92. The minimum atomic E-state index is -0.882. The number of hydrogen-bond acceptors (Lipinski definition) is 4. The molecule has 20 heavy (non-hydrogen) atoms. The Bertz CT molecular complexity index is 605. The van der Waals surface area contributed by atoms with E-state index in [2.05, 4.69) is 26.1 Å². The maximum absolute atomic E-state index is 11.1. The van der Waals surface area contributed by atoms with Crippen LogP contribution < -0.4 is 4.74 Å². The molecule has 0 aliphatic heterocycles. The van der Waals surface area contributed by atoms with Crippen molar-refractivity contribution in [3.05, 3.63) is 52.3 Å². The average molecular weight is 337 g/mol. The second-order valence-electron chi connectivity index (χ2n) is 4.19. The molecule has 0 aliphatic rings. The number of carboxylic acids is 1. The highest BCUT2D eigenvalue weighted by Gasteiger charge is 2.20. The van der Waals surface area contributed by atoms with Crippen LogP contribution in [-0.2, 0) is 4.79 Å². The molecule has 0 bridgehead atoms. The molecule has 1 atom stereocenters. The van der Waals surface area contributed by atoms with Crippen molar-refractivity contribution >= 4 is 21.9 Å². The number of carboxylic acid groups (broad SMARTS) is 1. The van der Waals surface area contributed by atoms with E-state index in [0.717, 1.165) is 10.0 Å². The Hall–Kier alpha value is -1.95. The summed E-state index contributed by atoms with van der Waals surface area (Å²) in [5.74, 6) is -0.530. The van der Waals surface area contributed by atoms with Gasteiger partial charge in [0.15, 0.2) is 0 Å². The van der Waals surface area contributed by atoms with Gasteiger partial charge in [-0.05, 0) is 45.8 Å². The van der Waals surface area contributed by atoms with Gasteiger partial charge >= 0.3 is 5.97 Å². The predicted octanol–water partition coefficient (Wildman–Crippen LogP) is 2.85. The van der Waals surface area contributed by atoms with Crippen LogP contribution in [0.2, 0.25) is 0 Å². The van der Waals surface area contributed by atoms with E-state index in [1.54, 1.807) is 31.5 Å². The minimum Gasteiger partial charge on any atom is -0.496 e. The first kappa shape index (κ1) is 14.5. The van der Waals surface area contributed by atoms with E-state index in [1.807, 2.05) is 12.1 Å². The van der Waals surface area contributed by atoms with Gasteiger partial charge in [-0.2, -0.15) is 10.2 Å². The number of aliphatic carboxylic acids is 1. The third kappa shape index (κ3) is 3.33. The monoisotopic (exact) mass is 336 g/mol.